The molecule has 222 valence electrons. The van der Waals surface area contributed by atoms with E-state index in [0.29, 0.717) is 35.7 Å². The second-order valence-corrected chi connectivity index (χ2v) is 11.8. The summed E-state index contributed by atoms with van der Waals surface area (Å²) in [7, 11) is -3.96. The Morgan fingerprint density at radius 2 is 1.82 bits per heavy atom. The maximum absolute atomic E-state index is 13.7. The highest BCUT2D eigenvalue weighted by Crippen LogP contribution is 2.35. The Kier molecular flexibility index (Phi) is 10.9. The Morgan fingerprint density at radius 3 is 2.45 bits per heavy atom. The number of nitrogens with zero attached hydrogens (tertiary/aromatic N) is 5. The van der Waals surface area contributed by atoms with Gasteiger partial charge in [0.1, 0.15) is 11.6 Å². The van der Waals surface area contributed by atoms with Gasteiger partial charge in [-0.1, -0.05) is 34.1 Å². The molecule has 2 aromatic heterocycles. The Hall–Kier alpha value is -2.80. The van der Waals surface area contributed by atoms with Gasteiger partial charge in [0.2, 0.25) is 10.0 Å². The largest absolute Gasteiger partial charge is 0.493 e. The Labute approximate surface area is 237 Å². The molecule has 11 nitrogen and oxygen atoms in total. The number of likely N-dealkylation sites (N-methyl/N-ethyl adjacent to an activating group) is 1. The maximum Gasteiger partial charge on any atom is 0.277 e. The van der Waals surface area contributed by atoms with Crippen LogP contribution in [0.2, 0.25) is 0 Å². The molecule has 12 heteroatoms. The van der Waals surface area contributed by atoms with E-state index in [1.807, 2.05) is 20.8 Å². The fourth-order valence-electron chi connectivity index (χ4n) is 5.30. The molecule has 0 atom stereocenters. The number of H-pyrrole nitrogens is 1. The van der Waals surface area contributed by atoms with Gasteiger partial charge in [0.25, 0.3) is 5.56 Å². The van der Waals surface area contributed by atoms with Crippen LogP contribution < -0.4 is 10.3 Å². The molecule has 2 heterocycles. The number of aryl methyl sites for hydroxylation is 1. The van der Waals surface area contributed by atoms with E-state index in [1.54, 1.807) is 17.5 Å². The highest BCUT2D eigenvalue weighted by molar-refractivity contribution is 7.89. The summed E-state index contributed by atoms with van der Waals surface area (Å²) in [6, 6.07) is 4.58. The number of fused-ring (bicyclic) bond motifs is 1. The minimum absolute atomic E-state index is 0. The first kappa shape index (κ1) is 31.7. The van der Waals surface area contributed by atoms with Gasteiger partial charge in [0.15, 0.2) is 11.3 Å². The van der Waals surface area contributed by atoms with Crippen molar-refractivity contribution < 1.29 is 18.3 Å². The number of hydrogen-bond acceptors (Lipinski definition) is 8. The standard InChI is InChI=1S/C27H40N6O5S.CH4/c1-5-31(6-2)14-15-32(16-17-34)39(36,37)21-12-13-23(38-7-3)22(18-21)25-29-27(35)24-19(4)28-26(33(24)30-25)20-10-8-9-11-20;/h12-13,18,20,34H,5-11,14-17H2,1-4H3,(H,29,30,35);1H4. The van der Waals surface area contributed by atoms with Crippen molar-refractivity contribution in [3.05, 3.63) is 40.1 Å². The summed E-state index contributed by atoms with van der Waals surface area (Å²) in [5.74, 6) is 1.61. The zero-order chi connectivity index (χ0) is 28.2. The average Bonchev–Trinajstić information content (AvgIpc) is 3.57. The van der Waals surface area contributed by atoms with Gasteiger partial charge in [-0.2, -0.15) is 4.31 Å². The monoisotopic (exact) mass is 576 g/mol. The van der Waals surface area contributed by atoms with Crippen LogP contribution in [0.1, 0.15) is 71.3 Å². The van der Waals surface area contributed by atoms with Gasteiger partial charge in [-0.15, -0.1) is 5.10 Å². The third-order valence-electron chi connectivity index (χ3n) is 7.47. The molecule has 1 aliphatic carbocycles. The van der Waals surface area contributed by atoms with Gasteiger partial charge < -0.3 is 19.7 Å². The second-order valence-electron chi connectivity index (χ2n) is 9.85. The Balaban J connectivity index is 0.00000441. The van der Waals surface area contributed by atoms with Crippen LogP contribution in [0.25, 0.3) is 16.9 Å². The fourth-order valence-corrected chi connectivity index (χ4v) is 6.75. The molecule has 0 bridgehead atoms. The van der Waals surface area contributed by atoms with Crippen LogP contribution in [-0.2, 0) is 10.0 Å². The predicted molar refractivity (Wildman–Crippen MR) is 157 cm³/mol. The minimum atomic E-state index is -3.96. The summed E-state index contributed by atoms with van der Waals surface area (Å²) < 4.78 is 36.2. The van der Waals surface area contributed by atoms with Crippen molar-refractivity contribution in [3.8, 4) is 17.1 Å². The molecule has 0 spiro atoms. The molecule has 3 aromatic rings. The summed E-state index contributed by atoms with van der Waals surface area (Å²) in [6.07, 6.45) is 4.21. The predicted octanol–water partition coefficient (Wildman–Crippen LogP) is 3.41. The van der Waals surface area contributed by atoms with E-state index in [9.17, 15) is 18.3 Å². The molecule has 0 aliphatic heterocycles. The number of aliphatic hydroxyl groups excluding tert-OH is 1. The summed E-state index contributed by atoms with van der Waals surface area (Å²) in [6.45, 7) is 10.1. The molecule has 4 rings (SSSR count). The minimum Gasteiger partial charge on any atom is -0.493 e. The first-order valence-corrected chi connectivity index (χ1v) is 15.3. The lowest BCUT2D eigenvalue weighted by atomic mass is 10.1. The normalized spacial score (nSPS) is 14.4. The summed E-state index contributed by atoms with van der Waals surface area (Å²) in [4.78, 5) is 22.9. The van der Waals surface area contributed by atoms with Gasteiger partial charge >= 0.3 is 0 Å². The average molecular weight is 577 g/mol. The van der Waals surface area contributed by atoms with Crippen LogP contribution in [0.5, 0.6) is 5.75 Å². The van der Waals surface area contributed by atoms with E-state index in [0.717, 1.165) is 44.6 Å². The number of ether oxygens (including phenoxy) is 1. The van der Waals surface area contributed by atoms with Crippen molar-refractivity contribution in [2.24, 2.45) is 0 Å². The van der Waals surface area contributed by atoms with Crippen LogP contribution >= 0.6 is 0 Å². The molecule has 2 N–H and O–H groups in total. The molecule has 1 saturated carbocycles. The van der Waals surface area contributed by atoms with Crippen LogP contribution in [-0.4, -0.2) is 88.2 Å². The van der Waals surface area contributed by atoms with Crippen molar-refractivity contribution in [1.82, 2.24) is 28.8 Å². The van der Waals surface area contributed by atoms with Crippen LogP contribution in [0.3, 0.4) is 0 Å². The second kappa shape index (κ2) is 13.7. The molecule has 0 amide bonds. The van der Waals surface area contributed by atoms with Crippen molar-refractivity contribution in [1.29, 1.82) is 0 Å². The molecule has 1 fully saturated rings. The SMILES string of the molecule is C.CCOc1ccc(S(=O)(=O)N(CCO)CCN(CC)CC)cc1-c1nn2c(C3CCCC3)nc(C)c2c(=O)[nH]1. The molecule has 0 unspecified atom stereocenters. The maximum atomic E-state index is 13.7. The molecule has 0 radical (unpaired) electrons. The Morgan fingerprint density at radius 1 is 1.12 bits per heavy atom. The third kappa shape index (κ3) is 6.40. The number of benzene rings is 1. The highest BCUT2D eigenvalue weighted by atomic mass is 32.2. The lowest BCUT2D eigenvalue weighted by Gasteiger charge is -2.25. The quantitative estimate of drug-likeness (QED) is 0.316. The number of aromatic nitrogens is 4. The molecular weight excluding hydrogens is 532 g/mol. The number of sulfonamides is 1. The van der Waals surface area contributed by atoms with Gasteiger partial charge in [0.05, 0.1) is 29.4 Å². The number of rotatable bonds is 13. The van der Waals surface area contributed by atoms with Gasteiger partial charge in [-0.25, -0.2) is 17.9 Å². The van der Waals surface area contributed by atoms with Crippen molar-refractivity contribution in [2.75, 3.05) is 45.9 Å². The van der Waals surface area contributed by atoms with E-state index < -0.39 is 10.0 Å². The van der Waals surface area contributed by atoms with Crippen molar-refractivity contribution in [2.45, 2.75) is 71.6 Å². The molecular formula is C28H44N6O5S. The first-order chi connectivity index (χ1) is 18.7. The van der Waals surface area contributed by atoms with Crippen LogP contribution in [0.4, 0.5) is 0 Å². The summed E-state index contributed by atoms with van der Waals surface area (Å²) in [5, 5.41) is 14.4. The summed E-state index contributed by atoms with van der Waals surface area (Å²) >= 11 is 0. The number of aliphatic hydroxyl groups is 1. The number of aromatic amines is 1. The fraction of sp³-hybridized carbons (Fsp3) is 0.607. The van der Waals surface area contributed by atoms with E-state index in [4.69, 9.17) is 14.8 Å². The van der Waals surface area contributed by atoms with Gasteiger partial charge in [-0.05, 0) is 58.0 Å². The van der Waals surface area contributed by atoms with Crippen molar-refractivity contribution in [3.63, 3.8) is 0 Å². The van der Waals surface area contributed by atoms with Crippen LogP contribution in [0, 0.1) is 6.92 Å². The highest BCUT2D eigenvalue weighted by Gasteiger charge is 2.28. The number of nitrogens with one attached hydrogen (secondary N) is 1. The van der Waals surface area contributed by atoms with Gasteiger partial charge in [0, 0.05) is 25.6 Å². The smallest absolute Gasteiger partial charge is 0.277 e. The lowest BCUT2D eigenvalue weighted by Crippen LogP contribution is -2.40. The third-order valence-corrected chi connectivity index (χ3v) is 9.37. The zero-order valence-electron chi connectivity index (χ0n) is 23.3. The van der Waals surface area contributed by atoms with E-state index in [1.165, 1.54) is 16.4 Å². The summed E-state index contributed by atoms with van der Waals surface area (Å²) in [5.41, 5.74) is 1.04. The topological polar surface area (TPSA) is 133 Å². The lowest BCUT2D eigenvalue weighted by molar-refractivity contribution is 0.229. The van der Waals surface area contributed by atoms with Gasteiger partial charge in [-0.3, -0.25) is 4.79 Å². The molecule has 0 saturated heterocycles. The molecule has 1 aromatic carbocycles. The number of imidazole rings is 1. The molecule has 40 heavy (non-hydrogen) atoms. The van der Waals surface area contributed by atoms with E-state index in [-0.39, 0.29) is 49.3 Å². The zero-order valence-corrected chi connectivity index (χ0v) is 24.1. The number of hydrogen-bond donors (Lipinski definition) is 2. The van der Waals surface area contributed by atoms with E-state index in [2.05, 4.69) is 9.88 Å². The molecule has 1 aliphatic rings. The van der Waals surface area contributed by atoms with E-state index >= 15 is 0 Å². The van der Waals surface area contributed by atoms with Crippen molar-refractivity contribution >= 4 is 15.5 Å². The van der Waals surface area contributed by atoms with Crippen LogP contribution in [0.15, 0.2) is 27.9 Å². The Bertz CT molecular complexity index is 1440. The first-order valence-electron chi connectivity index (χ1n) is 13.8.